The number of H-pyrrole nitrogens is 1. The highest BCUT2D eigenvalue weighted by Crippen LogP contribution is 2.07. The summed E-state index contributed by atoms with van der Waals surface area (Å²) in [5, 5.41) is 11.2. The van der Waals surface area contributed by atoms with Crippen LogP contribution in [-0.4, -0.2) is 15.9 Å². The summed E-state index contributed by atoms with van der Waals surface area (Å²) in [7, 11) is 0. The van der Waals surface area contributed by atoms with Gasteiger partial charge in [0.15, 0.2) is 0 Å². The number of nitrogens with one attached hydrogen (secondary N) is 2. The molecule has 1 amide bonds. The van der Waals surface area contributed by atoms with Gasteiger partial charge in [-0.15, -0.1) is 0 Å². The number of rotatable bonds is 2. The second kappa shape index (κ2) is 4.28. The molecule has 2 rings (SSSR count). The summed E-state index contributed by atoms with van der Waals surface area (Å²) in [6.45, 7) is 0. The van der Waals surface area contributed by atoms with E-state index in [4.69, 9.17) is 5.26 Å². The maximum absolute atomic E-state index is 11.7. The Kier molecular flexibility index (Phi) is 2.65. The monoisotopic (exact) mass is 212 g/mol. The number of aromatic amines is 1. The first kappa shape index (κ1) is 9.93. The number of hydrogen-bond donors (Lipinski definition) is 2. The van der Waals surface area contributed by atoms with Gasteiger partial charge in [0.2, 0.25) is 0 Å². The van der Waals surface area contributed by atoms with E-state index in [2.05, 4.69) is 15.3 Å². The molecule has 78 valence electrons. The van der Waals surface area contributed by atoms with Crippen molar-refractivity contribution < 1.29 is 4.79 Å². The molecule has 2 heterocycles. The molecule has 0 radical (unpaired) electrons. The van der Waals surface area contributed by atoms with Gasteiger partial charge in [-0.05, 0) is 18.2 Å². The van der Waals surface area contributed by atoms with Gasteiger partial charge in [0.05, 0.1) is 11.3 Å². The van der Waals surface area contributed by atoms with Crippen LogP contribution in [0.25, 0.3) is 0 Å². The summed E-state index contributed by atoms with van der Waals surface area (Å²) in [6.07, 6.45) is 4.77. The van der Waals surface area contributed by atoms with Crippen LogP contribution in [0.2, 0.25) is 0 Å². The van der Waals surface area contributed by atoms with E-state index in [1.165, 1.54) is 12.3 Å². The highest BCUT2D eigenvalue weighted by molar-refractivity contribution is 6.03. The molecule has 0 aliphatic rings. The first-order chi connectivity index (χ1) is 7.79. The zero-order valence-corrected chi connectivity index (χ0v) is 8.27. The first-order valence-electron chi connectivity index (χ1n) is 4.60. The Morgan fingerprint density at radius 1 is 1.44 bits per heavy atom. The zero-order chi connectivity index (χ0) is 11.4. The first-order valence-corrected chi connectivity index (χ1v) is 4.60. The molecule has 2 N–H and O–H groups in total. The Hall–Kier alpha value is -2.61. The summed E-state index contributed by atoms with van der Waals surface area (Å²) in [4.78, 5) is 18.3. The molecule has 0 aliphatic heterocycles. The molecule has 0 fully saturated rings. The average molecular weight is 212 g/mol. The van der Waals surface area contributed by atoms with Crippen molar-refractivity contribution in [2.24, 2.45) is 0 Å². The predicted octanol–water partition coefficient (Wildman–Crippen LogP) is 1.53. The van der Waals surface area contributed by atoms with Gasteiger partial charge in [0, 0.05) is 18.6 Å². The molecule has 0 bridgehead atoms. The van der Waals surface area contributed by atoms with Crippen LogP contribution in [0.1, 0.15) is 16.1 Å². The fourth-order valence-electron chi connectivity index (χ4n) is 1.20. The van der Waals surface area contributed by atoms with Gasteiger partial charge in [-0.25, -0.2) is 4.98 Å². The van der Waals surface area contributed by atoms with Crippen LogP contribution >= 0.6 is 0 Å². The van der Waals surface area contributed by atoms with Crippen LogP contribution < -0.4 is 5.32 Å². The van der Waals surface area contributed by atoms with E-state index < -0.39 is 0 Å². The average Bonchev–Trinajstić information content (AvgIpc) is 2.82. The Balaban J connectivity index is 2.12. The molecule has 0 aromatic carbocycles. The number of carbonyl (C=O) groups is 1. The summed E-state index contributed by atoms with van der Waals surface area (Å²) in [5.74, 6) is -0.253. The Labute approximate surface area is 91.8 Å². The molecule has 5 nitrogen and oxygen atoms in total. The van der Waals surface area contributed by atoms with Gasteiger partial charge in [0.25, 0.3) is 5.91 Å². The number of aromatic nitrogens is 2. The third-order valence-corrected chi connectivity index (χ3v) is 2.00. The van der Waals surface area contributed by atoms with Crippen molar-refractivity contribution in [1.82, 2.24) is 9.97 Å². The summed E-state index contributed by atoms with van der Waals surface area (Å²) in [5.41, 5.74) is 1.40. The number of hydrogen-bond acceptors (Lipinski definition) is 3. The minimum atomic E-state index is -0.253. The second-order valence-corrected chi connectivity index (χ2v) is 3.10. The number of amides is 1. The Bertz CT molecular complexity index is 522. The molecule has 16 heavy (non-hydrogen) atoms. The number of nitrogens with zero attached hydrogens (tertiary/aromatic N) is 2. The predicted molar refractivity (Wildman–Crippen MR) is 57.7 cm³/mol. The molecule has 0 unspecified atom stereocenters. The molecular formula is C11H8N4O. The van der Waals surface area contributed by atoms with E-state index in [1.807, 2.05) is 6.07 Å². The minimum absolute atomic E-state index is 0.253. The van der Waals surface area contributed by atoms with Crippen molar-refractivity contribution in [1.29, 1.82) is 5.26 Å². The van der Waals surface area contributed by atoms with E-state index in [-0.39, 0.29) is 11.6 Å². The topological polar surface area (TPSA) is 81.6 Å². The van der Waals surface area contributed by atoms with Gasteiger partial charge in [-0.1, -0.05) is 0 Å². The Morgan fingerprint density at radius 3 is 2.88 bits per heavy atom. The molecule has 0 saturated carbocycles. The second-order valence-electron chi connectivity index (χ2n) is 3.10. The standard InChI is InChI=1S/C11H8N4O/c12-5-9-2-1-8(6-14-9)11(16)15-10-3-4-13-7-10/h1-4,6-7,13H,(H,15,16). The van der Waals surface area contributed by atoms with E-state index in [0.717, 1.165) is 0 Å². The van der Waals surface area contributed by atoms with E-state index in [1.54, 1.807) is 24.5 Å². The molecule has 2 aromatic heterocycles. The maximum Gasteiger partial charge on any atom is 0.257 e. The van der Waals surface area contributed by atoms with Gasteiger partial charge < -0.3 is 10.3 Å². The fourth-order valence-corrected chi connectivity index (χ4v) is 1.20. The third kappa shape index (κ3) is 2.07. The molecular weight excluding hydrogens is 204 g/mol. The summed E-state index contributed by atoms with van der Waals surface area (Å²) >= 11 is 0. The van der Waals surface area contributed by atoms with Crippen LogP contribution in [0.15, 0.2) is 36.8 Å². The third-order valence-electron chi connectivity index (χ3n) is 2.00. The molecule has 0 saturated heterocycles. The molecule has 2 aromatic rings. The molecule has 0 spiro atoms. The smallest absolute Gasteiger partial charge is 0.257 e. The molecule has 5 heteroatoms. The van der Waals surface area contributed by atoms with Crippen molar-refractivity contribution in [2.75, 3.05) is 5.32 Å². The van der Waals surface area contributed by atoms with Gasteiger partial charge in [0.1, 0.15) is 11.8 Å². The van der Waals surface area contributed by atoms with Gasteiger partial charge in [-0.2, -0.15) is 5.26 Å². The largest absolute Gasteiger partial charge is 0.366 e. The molecule has 0 atom stereocenters. The number of anilines is 1. The highest BCUT2D eigenvalue weighted by atomic mass is 16.1. The molecule has 0 aliphatic carbocycles. The SMILES string of the molecule is N#Cc1ccc(C(=O)Nc2cc[nH]c2)cn1. The van der Waals surface area contributed by atoms with Crippen LogP contribution in [0.3, 0.4) is 0 Å². The quantitative estimate of drug-likeness (QED) is 0.792. The van der Waals surface area contributed by atoms with Crippen molar-refractivity contribution in [3.05, 3.63) is 48.0 Å². The normalized spacial score (nSPS) is 9.44. The van der Waals surface area contributed by atoms with E-state index >= 15 is 0 Å². The van der Waals surface area contributed by atoms with E-state index in [0.29, 0.717) is 11.3 Å². The lowest BCUT2D eigenvalue weighted by Crippen LogP contribution is -2.11. The van der Waals surface area contributed by atoms with Crippen LogP contribution in [0, 0.1) is 11.3 Å². The lowest BCUT2D eigenvalue weighted by Gasteiger charge is -2.01. The van der Waals surface area contributed by atoms with Crippen LogP contribution in [0.5, 0.6) is 0 Å². The van der Waals surface area contributed by atoms with Gasteiger partial charge >= 0.3 is 0 Å². The number of pyridine rings is 1. The Morgan fingerprint density at radius 2 is 2.31 bits per heavy atom. The summed E-state index contributed by atoms with van der Waals surface area (Å²) in [6, 6.07) is 6.70. The lowest BCUT2D eigenvalue weighted by atomic mass is 10.2. The van der Waals surface area contributed by atoms with Crippen molar-refractivity contribution in [2.45, 2.75) is 0 Å². The lowest BCUT2D eigenvalue weighted by molar-refractivity contribution is 0.102. The highest BCUT2D eigenvalue weighted by Gasteiger charge is 2.06. The fraction of sp³-hybridized carbons (Fsp3) is 0. The maximum atomic E-state index is 11.7. The van der Waals surface area contributed by atoms with Crippen molar-refractivity contribution in [3.8, 4) is 6.07 Å². The van der Waals surface area contributed by atoms with Crippen molar-refractivity contribution in [3.63, 3.8) is 0 Å². The zero-order valence-electron chi connectivity index (χ0n) is 8.27. The van der Waals surface area contributed by atoms with Crippen LogP contribution in [-0.2, 0) is 0 Å². The summed E-state index contributed by atoms with van der Waals surface area (Å²) < 4.78 is 0. The van der Waals surface area contributed by atoms with E-state index in [9.17, 15) is 4.79 Å². The number of nitriles is 1. The van der Waals surface area contributed by atoms with Crippen molar-refractivity contribution >= 4 is 11.6 Å². The van der Waals surface area contributed by atoms with Gasteiger partial charge in [-0.3, -0.25) is 4.79 Å². The minimum Gasteiger partial charge on any atom is -0.366 e. The van der Waals surface area contributed by atoms with Crippen LogP contribution in [0.4, 0.5) is 5.69 Å². The number of carbonyl (C=O) groups excluding carboxylic acids is 1.